The van der Waals surface area contributed by atoms with E-state index >= 15 is 13.2 Å². The van der Waals surface area contributed by atoms with Crippen molar-refractivity contribution < 1.29 is 13.2 Å². The molecule has 9 nitrogen and oxygen atoms in total. The van der Waals surface area contributed by atoms with Crippen LogP contribution in [0.1, 0.15) is 34.4 Å². The summed E-state index contributed by atoms with van der Waals surface area (Å²) in [5.74, 6) is 3.22. The molecule has 0 amide bonds. The van der Waals surface area contributed by atoms with Crippen LogP contribution in [0.15, 0.2) is 121 Å². The van der Waals surface area contributed by atoms with E-state index in [1.54, 1.807) is 67.2 Å². The van der Waals surface area contributed by atoms with Crippen LogP contribution in [0, 0.1) is 39.0 Å². The minimum atomic E-state index is -4.84. The van der Waals surface area contributed by atoms with Gasteiger partial charge in [0.25, 0.3) is 0 Å². The van der Waals surface area contributed by atoms with Gasteiger partial charge in [0.15, 0.2) is 11.6 Å². The summed E-state index contributed by atoms with van der Waals surface area (Å²) in [6.45, 7) is 7.19. The summed E-state index contributed by atoms with van der Waals surface area (Å²) >= 11 is 0. The second kappa shape index (κ2) is 13.7. The highest BCUT2D eigenvalue weighted by Gasteiger charge is 2.39. The number of aromatic nitrogens is 8. The molecular weight excluding hydrogens is 760 g/mol. The van der Waals surface area contributed by atoms with Gasteiger partial charge in [-0.3, -0.25) is 0 Å². The van der Waals surface area contributed by atoms with Crippen LogP contribution in [0.4, 0.5) is 13.2 Å². The molecule has 12 heteroatoms. The molecule has 0 N–H and O–H groups in total. The average Bonchev–Trinajstić information content (AvgIpc) is 3.74. The fourth-order valence-corrected chi connectivity index (χ4v) is 8.42. The van der Waals surface area contributed by atoms with Crippen molar-refractivity contribution in [3.63, 3.8) is 0 Å². The number of aryl methyl sites for hydroxylation is 4. The lowest BCUT2D eigenvalue weighted by Crippen LogP contribution is -2.16. The van der Waals surface area contributed by atoms with Crippen LogP contribution in [-0.2, 0) is 6.18 Å². The third kappa shape index (κ3) is 6.02. The second-order valence-electron chi connectivity index (χ2n) is 14.8. The highest BCUT2D eigenvalue weighted by molar-refractivity contribution is 6.12. The van der Waals surface area contributed by atoms with Crippen molar-refractivity contribution in [2.24, 2.45) is 0 Å². The van der Waals surface area contributed by atoms with E-state index in [4.69, 9.17) is 0 Å². The number of nitrogens with zero attached hydrogens (tertiary/aromatic N) is 9. The molecule has 0 atom stereocenters. The van der Waals surface area contributed by atoms with E-state index in [2.05, 4.69) is 36.0 Å². The molecule has 0 saturated heterocycles. The summed E-state index contributed by atoms with van der Waals surface area (Å²) in [5, 5.41) is 12.9. The van der Waals surface area contributed by atoms with E-state index in [1.807, 2.05) is 91.0 Å². The zero-order valence-corrected chi connectivity index (χ0v) is 32.7. The molecule has 6 aromatic carbocycles. The number of benzene rings is 6. The molecule has 10 rings (SSSR count). The molecule has 0 fully saturated rings. The molecule has 0 aliphatic carbocycles. The first-order valence-electron chi connectivity index (χ1n) is 19.2. The lowest BCUT2D eigenvalue weighted by Gasteiger charge is -2.23. The zero-order chi connectivity index (χ0) is 41.4. The van der Waals surface area contributed by atoms with Gasteiger partial charge >= 0.3 is 6.18 Å². The predicted molar refractivity (Wildman–Crippen MR) is 227 cm³/mol. The van der Waals surface area contributed by atoms with Crippen LogP contribution in [0.3, 0.4) is 0 Å². The van der Waals surface area contributed by atoms with Crippen molar-refractivity contribution in [2.75, 3.05) is 0 Å². The van der Waals surface area contributed by atoms with Crippen LogP contribution in [0.5, 0.6) is 0 Å². The highest BCUT2D eigenvalue weighted by Crippen LogP contribution is 2.46. The number of rotatable bonds is 5. The summed E-state index contributed by atoms with van der Waals surface area (Å²) in [6.07, 6.45) is -4.84. The summed E-state index contributed by atoms with van der Waals surface area (Å²) in [6, 6.07) is 38.4. The molecule has 290 valence electrons. The van der Waals surface area contributed by atoms with Crippen LogP contribution >= 0.6 is 0 Å². The number of hydrogen-bond acceptors (Lipinski definition) is 7. The van der Waals surface area contributed by atoms with Crippen molar-refractivity contribution in [1.82, 2.24) is 39.0 Å². The Morgan fingerprint density at radius 3 is 1.35 bits per heavy atom. The van der Waals surface area contributed by atoms with Crippen molar-refractivity contribution in [1.29, 1.82) is 5.26 Å². The maximum absolute atomic E-state index is 16.4. The first-order chi connectivity index (χ1) is 28.9. The van der Waals surface area contributed by atoms with Gasteiger partial charge in [-0.2, -0.15) is 18.4 Å². The van der Waals surface area contributed by atoms with E-state index in [0.717, 1.165) is 21.5 Å². The Morgan fingerprint density at radius 1 is 0.450 bits per heavy atom. The predicted octanol–water partition coefficient (Wildman–Crippen LogP) is 11.4. The molecule has 0 aliphatic heterocycles. The van der Waals surface area contributed by atoms with Gasteiger partial charge in [0.2, 0.25) is 0 Å². The van der Waals surface area contributed by atoms with Crippen molar-refractivity contribution in [2.45, 2.75) is 33.9 Å². The third-order valence-electron chi connectivity index (χ3n) is 10.8. The van der Waals surface area contributed by atoms with E-state index < -0.39 is 11.7 Å². The SMILES string of the molecule is Cc1nc(C)nc(-c2ccc3c(c2)c2ccccc2n3-c2cc(-c3cccc(C#N)c3)cc(-n3c4ccccc4c4cc(-c5nc(C)nc(C)n5)ccc43)c2C(F)(F)F)n1. The fraction of sp³-hybridized carbons (Fsp3) is 0.104. The van der Waals surface area contributed by atoms with Gasteiger partial charge in [0, 0.05) is 32.7 Å². The van der Waals surface area contributed by atoms with Crippen LogP contribution in [0.25, 0.3) is 88.9 Å². The maximum Gasteiger partial charge on any atom is 0.420 e. The van der Waals surface area contributed by atoms with E-state index in [9.17, 15) is 5.26 Å². The normalized spacial score (nSPS) is 11.9. The number of hydrogen-bond donors (Lipinski definition) is 0. The van der Waals surface area contributed by atoms with Gasteiger partial charge in [-0.15, -0.1) is 0 Å². The topological polar surface area (TPSA) is 111 Å². The molecular formula is C48H32F3N9. The zero-order valence-electron chi connectivity index (χ0n) is 32.7. The Balaban J connectivity index is 1.32. The molecule has 4 heterocycles. The Kier molecular flexibility index (Phi) is 8.33. The van der Waals surface area contributed by atoms with Gasteiger partial charge in [0.1, 0.15) is 28.9 Å². The molecule has 10 aromatic rings. The molecule has 0 radical (unpaired) electrons. The summed E-state index contributed by atoms with van der Waals surface area (Å²) in [4.78, 5) is 26.9. The van der Waals surface area contributed by atoms with Gasteiger partial charge in [-0.05, 0) is 112 Å². The smallest absolute Gasteiger partial charge is 0.309 e. The molecule has 0 aliphatic rings. The average molecular weight is 792 g/mol. The lowest BCUT2D eigenvalue weighted by molar-refractivity contribution is -0.137. The van der Waals surface area contributed by atoms with E-state index in [-0.39, 0.29) is 11.4 Å². The van der Waals surface area contributed by atoms with Crippen molar-refractivity contribution in [3.8, 4) is 51.3 Å². The monoisotopic (exact) mass is 791 g/mol. The van der Waals surface area contributed by atoms with Gasteiger partial charge < -0.3 is 9.13 Å². The van der Waals surface area contributed by atoms with Crippen LogP contribution in [-0.4, -0.2) is 39.0 Å². The fourth-order valence-electron chi connectivity index (χ4n) is 8.42. The Labute approximate surface area is 341 Å². The highest BCUT2D eigenvalue weighted by atomic mass is 19.4. The number of fused-ring (bicyclic) bond motifs is 6. The van der Waals surface area contributed by atoms with Gasteiger partial charge in [0.05, 0.1) is 45.1 Å². The molecule has 0 saturated carbocycles. The molecule has 60 heavy (non-hydrogen) atoms. The number of para-hydroxylation sites is 2. The quantitative estimate of drug-likeness (QED) is 0.171. The molecule has 0 unspecified atom stereocenters. The Hall–Kier alpha value is -7.78. The van der Waals surface area contributed by atoms with Gasteiger partial charge in [-0.25, -0.2) is 29.9 Å². The standard InChI is InChI=1S/C48H32F3N9/c1-26-53-27(2)56-46(55-26)32-16-18-41-37(21-32)35-12-5-7-14-39(35)59(41)43-23-34(31-11-9-10-30(20-31)25-52)24-44(45(43)48(49,50)51)60-40-15-8-6-13-36(40)38-22-33(17-19-42(38)60)47-57-28(3)54-29(4)58-47/h5-24H,1-4H3. The van der Waals surface area contributed by atoms with Gasteiger partial charge in [-0.1, -0.05) is 48.5 Å². The molecule has 0 bridgehead atoms. The van der Waals surface area contributed by atoms with Crippen molar-refractivity contribution in [3.05, 3.63) is 156 Å². The van der Waals surface area contributed by atoms with Crippen LogP contribution in [0.2, 0.25) is 0 Å². The lowest BCUT2D eigenvalue weighted by atomic mass is 9.98. The minimum absolute atomic E-state index is 0.0677. The van der Waals surface area contributed by atoms with E-state index in [0.29, 0.717) is 84.8 Å². The minimum Gasteiger partial charge on any atom is -0.309 e. The van der Waals surface area contributed by atoms with E-state index in [1.165, 1.54) is 0 Å². The van der Waals surface area contributed by atoms with Crippen LogP contribution < -0.4 is 0 Å². The summed E-state index contributed by atoms with van der Waals surface area (Å²) < 4.78 is 52.4. The Morgan fingerprint density at radius 2 is 0.900 bits per heavy atom. The first kappa shape index (κ1) is 36.6. The second-order valence-corrected chi connectivity index (χ2v) is 14.8. The summed E-state index contributed by atoms with van der Waals surface area (Å²) in [5.41, 5.74) is 4.25. The molecule has 0 spiro atoms. The maximum atomic E-state index is 16.4. The third-order valence-corrected chi connectivity index (χ3v) is 10.8. The number of alkyl halides is 3. The first-order valence-corrected chi connectivity index (χ1v) is 19.2. The molecule has 4 aromatic heterocycles. The number of halogens is 3. The van der Waals surface area contributed by atoms with Crippen molar-refractivity contribution >= 4 is 43.6 Å². The summed E-state index contributed by atoms with van der Waals surface area (Å²) in [7, 11) is 0. The largest absolute Gasteiger partial charge is 0.420 e. The Bertz CT molecular complexity index is 3220. The number of nitriles is 1.